The zero-order chi connectivity index (χ0) is 14.2. The van der Waals surface area contributed by atoms with Crippen LogP contribution >= 0.6 is 11.8 Å². The van der Waals surface area contributed by atoms with Gasteiger partial charge in [-0.05, 0) is 62.7 Å². The number of amidine groups is 1. The highest BCUT2D eigenvalue weighted by molar-refractivity contribution is 8.14. The number of hydrogen-bond acceptors (Lipinski definition) is 2. The Bertz CT molecular complexity index is 371. The molecule has 0 aromatic rings. The Hall–Kier alpha value is -0.180. The van der Waals surface area contributed by atoms with E-state index in [0.717, 1.165) is 17.8 Å². The highest BCUT2D eigenvalue weighted by atomic mass is 32.2. The molecule has 0 bridgehead atoms. The highest BCUT2D eigenvalue weighted by Gasteiger charge is 2.40. The molecule has 3 heteroatoms. The van der Waals surface area contributed by atoms with Gasteiger partial charge in [-0.15, -0.1) is 0 Å². The number of nitrogens with zero attached hydrogens (tertiary/aromatic N) is 1. The summed E-state index contributed by atoms with van der Waals surface area (Å²) in [6.07, 6.45) is 9.47. The third kappa shape index (κ3) is 3.18. The molecule has 1 spiro atoms. The lowest BCUT2D eigenvalue weighted by atomic mass is 9.78. The Labute approximate surface area is 128 Å². The van der Waals surface area contributed by atoms with E-state index in [1.54, 1.807) is 0 Å². The minimum atomic E-state index is 0.390. The van der Waals surface area contributed by atoms with Gasteiger partial charge in [-0.2, -0.15) is 0 Å². The van der Waals surface area contributed by atoms with Crippen molar-refractivity contribution in [2.24, 2.45) is 22.7 Å². The summed E-state index contributed by atoms with van der Waals surface area (Å²) in [6.45, 7) is 7.18. The summed E-state index contributed by atoms with van der Waals surface area (Å²) >= 11 is 1.98. The molecule has 1 N–H and O–H groups in total. The lowest BCUT2D eigenvalue weighted by Gasteiger charge is -2.36. The summed E-state index contributed by atoms with van der Waals surface area (Å²) in [5.74, 6) is 3.83. The van der Waals surface area contributed by atoms with Crippen LogP contribution in [0.5, 0.6) is 0 Å². The van der Waals surface area contributed by atoms with Gasteiger partial charge < -0.3 is 5.32 Å². The van der Waals surface area contributed by atoms with Gasteiger partial charge in [-0.25, -0.2) is 0 Å². The molecular weight excluding hydrogens is 264 g/mol. The molecule has 2 aliphatic carbocycles. The van der Waals surface area contributed by atoms with E-state index < -0.39 is 0 Å². The predicted molar refractivity (Wildman–Crippen MR) is 89.4 cm³/mol. The molecule has 1 heterocycles. The maximum absolute atomic E-state index is 5.09. The van der Waals surface area contributed by atoms with E-state index in [2.05, 4.69) is 26.1 Å². The molecule has 3 rings (SSSR count). The van der Waals surface area contributed by atoms with E-state index in [9.17, 15) is 0 Å². The second kappa shape index (κ2) is 5.90. The van der Waals surface area contributed by atoms with E-state index >= 15 is 0 Å². The molecule has 114 valence electrons. The van der Waals surface area contributed by atoms with Crippen LogP contribution in [0, 0.1) is 17.8 Å². The van der Waals surface area contributed by atoms with Crippen molar-refractivity contribution in [3.05, 3.63) is 0 Å². The zero-order valence-corrected chi connectivity index (χ0v) is 14.1. The van der Waals surface area contributed by atoms with Gasteiger partial charge in [-0.1, -0.05) is 32.5 Å². The van der Waals surface area contributed by atoms with Crippen LogP contribution in [0.25, 0.3) is 0 Å². The standard InChI is InChI=1S/C17H30N2S/c1-12-6-8-17(9-7-12)11-20-16(19-17)18-15-5-4-13(2)10-14(15)3/h12-15H,4-11H2,1-3H3,(H,18,19). The third-order valence-electron chi connectivity index (χ3n) is 5.76. The molecule has 20 heavy (non-hydrogen) atoms. The summed E-state index contributed by atoms with van der Waals surface area (Å²) in [5.41, 5.74) is 0.390. The molecule has 2 nitrogen and oxygen atoms in total. The van der Waals surface area contributed by atoms with Crippen molar-refractivity contribution in [2.45, 2.75) is 77.3 Å². The van der Waals surface area contributed by atoms with Gasteiger partial charge in [0.15, 0.2) is 5.17 Å². The van der Waals surface area contributed by atoms with Crippen LogP contribution in [0.1, 0.15) is 65.7 Å². The fraction of sp³-hybridized carbons (Fsp3) is 0.941. The van der Waals surface area contributed by atoms with Gasteiger partial charge in [0, 0.05) is 11.3 Å². The molecule has 3 aliphatic rings. The summed E-state index contributed by atoms with van der Waals surface area (Å²) in [6, 6.07) is 0.568. The molecule has 1 saturated heterocycles. The maximum Gasteiger partial charge on any atom is 0.157 e. The second-order valence-corrected chi connectivity index (χ2v) is 8.74. The Morgan fingerprint density at radius 2 is 1.80 bits per heavy atom. The first-order valence-corrected chi connectivity index (χ1v) is 9.54. The first-order valence-electron chi connectivity index (χ1n) is 8.55. The first kappa shape index (κ1) is 14.7. The van der Waals surface area contributed by atoms with E-state index in [1.807, 2.05) is 11.8 Å². The normalized spacial score (nSPS) is 47.6. The molecule has 3 fully saturated rings. The van der Waals surface area contributed by atoms with Crippen LogP contribution in [0.3, 0.4) is 0 Å². The molecule has 0 aromatic carbocycles. The summed E-state index contributed by atoms with van der Waals surface area (Å²) in [4.78, 5) is 5.09. The largest absolute Gasteiger partial charge is 0.359 e. The molecule has 1 aliphatic heterocycles. The van der Waals surface area contributed by atoms with Gasteiger partial charge in [0.2, 0.25) is 0 Å². The van der Waals surface area contributed by atoms with E-state index in [0.29, 0.717) is 11.6 Å². The summed E-state index contributed by atoms with van der Waals surface area (Å²) in [7, 11) is 0. The number of aliphatic imine (C=N–C) groups is 1. The lowest BCUT2D eigenvalue weighted by Crippen LogP contribution is -2.46. The molecular formula is C17H30N2S. The van der Waals surface area contributed by atoms with Crippen LogP contribution in [-0.2, 0) is 0 Å². The van der Waals surface area contributed by atoms with E-state index in [-0.39, 0.29) is 0 Å². The minimum absolute atomic E-state index is 0.390. The van der Waals surface area contributed by atoms with Crippen molar-refractivity contribution in [1.29, 1.82) is 0 Å². The quantitative estimate of drug-likeness (QED) is 0.772. The lowest BCUT2D eigenvalue weighted by molar-refractivity contribution is 0.247. The number of nitrogens with one attached hydrogen (secondary N) is 1. The van der Waals surface area contributed by atoms with Crippen LogP contribution in [-0.4, -0.2) is 22.5 Å². The Kier molecular flexibility index (Phi) is 4.35. The second-order valence-electron chi connectivity index (χ2n) is 7.77. The average molecular weight is 295 g/mol. The highest BCUT2D eigenvalue weighted by Crippen LogP contribution is 2.39. The Balaban J connectivity index is 1.60. The van der Waals surface area contributed by atoms with Crippen molar-refractivity contribution in [3.8, 4) is 0 Å². The zero-order valence-electron chi connectivity index (χ0n) is 13.3. The number of hydrogen-bond donors (Lipinski definition) is 1. The number of rotatable bonds is 1. The molecule has 3 atom stereocenters. The minimum Gasteiger partial charge on any atom is -0.359 e. The van der Waals surface area contributed by atoms with Crippen LogP contribution in [0.2, 0.25) is 0 Å². The van der Waals surface area contributed by atoms with E-state index in [4.69, 9.17) is 4.99 Å². The fourth-order valence-electron chi connectivity index (χ4n) is 4.15. The average Bonchev–Trinajstić information content (AvgIpc) is 2.80. The Morgan fingerprint density at radius 3 is 2.50 bits per heavy atom. The van der Waals surface area contributed by atoms with Crippen molar-refractivity contribution in [1.82, 2.24) is 5.32 Å². The first-order chi connectivity index (χ1) is 9.56. The summed E-state index contributed by atoms with van der Waals surface area (Å²) < 4.78 is 0. The predicted octanol–water partition coefficient (Wildman–Crippen LogP) is 4.45. The van der Waals surface area contributed by atoms with Gasteiger partial charge in [-0.3, -0.25) is 4.99 Å². The van der Waals surface area contributed by atoms with E-state index in [1.165, 1.54) is 55.9 Å². The van der Waals surface area contributed by atoms with Crippen LogP contribution < -0.4 is 5.32 Å². The topological polar surface area (TPSA) is 24.4 Å². The van der Waals surface area contributed by atoms with Gasteiger partial charge in [0.1, 0.15) is 0 Å². The third-order valence-corrected chi connectivity index (χ3v) is 6.94. The van der Waals surface area contributed by atoms with Crippen LogP contribution in [0.15, 0.2) is 4.99 Å². The van der Waals surface area contributed by atoms with Gasteiger partial charge >= 0.3 is 0 Å². The number of thioether (sulfide) groups is 1. The van der Waals surface area contributed by atoms with Crippen molar-refractivity contribution in [3.63, 3.8) is 0 Å². The summed E-state index contributed by atoms with van der Waals surface area (Å²) in [5, 5.41) is 5.07. The molecule has 0 radical (unpaired) electrons. The maximum atomic E-state index is 5.09. The monoisotopic (exact) mass is 294 g/mol. The SMILES string of the molecule is CC1CCC2(CC1)CSC(=NC1CCC(C)CC1C)N2. The van der Waals surface area contributed by atoms with Crippen molar-refractivity contribution in [2.75, 3.05) is 5.75 Å². The molecule has 0 aromatic heterocycles. The van der Waals surface area contributed by atoms with Gasteiger partial charge in [0.05, 0.1) is 6.04 Å². The molecule has 0 amide bonds. The van der Waals surface area contributed by atoms with Crippen molar-refractivity contribution >= 4 is 16.9 Å². The van der Waals surface area contributed by atoms with Gasteiger partial charge in [0.25, 0.3) is 0 Å². The van der Waals surface area contributed by atoms with Crippen molar-refractivity contribution < 1.29 is 0 Å². The fourth-order valence-corrected chi connectivity index (χ4v) is 5.42. The Morgan fingerprint density at radius 1 is 1.05 bits per heavy atom. The van der Waals surface area contributed by atoms with Crippen LogP contribution in [0.4, 0.5) is 0 Å². The molecule has 2 saturated carbocycles. The smallest absolute Gasteiger partial charge is 0.157 e. The molecule has 3 unspecified atom stereocenters.